The zero-order chi connectivity index (χ0) is 17.1. The maximum absolute atomic E-state index is 12.3. The van der Waals surface area contributed by atoms with Gasteiger partial charge in [-0.15, -0.1) is 0 Å². The number of carboxylic acid groups (broad SMARTS) is 1. The molecule has 0 unspecified atom stereocenters. The highest BCUT2D eigenvalue weighted by atomic mass is 16.6. The second-order valence-electron chi connectivity index (χ2n) is 4.93. The molecule has 0 aliphatic carbocycles. The van der Waals surface area contributed by atoms with Gasteiger partial charge in [-0.25, -0.2) is 0 Å². The van der Waals surface area contributed by atoms with E-state index in [1.165, 1.54) is 37.3 Å². The molecule has 1 N–H and O–H groups in total. The van der Waals surface area contributed by atoms with Gasteiger partial charge in [-0.1, -0.05) is 18.2 Å². The van der Waals surface area contributed by atoms with Crippen molar-refractivity contribution in [2.75, 3.05) is 5.32 Å². The first-order valence-corrected chi connectivity index (χ1v) is 6.69. The van der Waals surface area contributed by atoms with Crippen LogP contribution in [0.1, 0.15) is 31.8 Å². The number of nitrogens with one attached hydrogen (secondary N) is 1. The second kappa shape index (κ2) is 6.27. The van der Waals surface area contributed by atoms with Crippen molar-refractivity contribution in [1.29, 1.82) is 0 Å². The van der Waals surface area contributed by atoms with Crippen molar-refractivity contribution in [2.24, 2.45) is 0 Å². The summed E-state index contributed by atoms with van der Waals surface area (Å²) in [7, 11) is 0. The van der Waals surface area contributed by atoms with Gasteiger partial charge in [0.05, 0.1) is 10.9 Å². The Balaban J connectivity index is 2.38. The lowest BCUT2D eigenvalue weighted by molar-refractivity contribution is -0.385. The van der Waals surface area contributed by atoms with Gasteiger partial charge < -0.3 is 15.2 Å². The van der Waals surface area contributed by atoms with Gasteiger partial charge in [-0.05, 0) is 31.5 Å². The molecular formula is C16H13N2O5-. The minimum Gasteiger partial charge on any atom is -0.545 e. The average molecular weight is 313 g/mol. The van der Waals surface area contributed by atoms with E-state index < -0.39 is 16.8 Å². The van der Waals surface area contributed by atoms with Crippen molar-refractivity contribution in [1.82, 2.24) is 0 Å². The summed E-state index contributed by atoms with van der Waals surface area (Å²) in [4.78, 5) is 33.7. The Labute approximate surface area is 131 Å². The first kappa shape index (κ1) is 16.2. The Bertz CT molecular complexity index is 814. The molecule has 0 spiro atoms. The number of nitro groups is 1. The molecule has 0 aliphatic heterocycles. The SMILES string of the molecule is Cc1c(NC(=O)c2cccc([N+](=O)[O-])c2C)cccc1C(=O)[O-]. The van der Waals surface area contributed by atoms with Crippen LogP contribution in [0.3, 0.4) is 0 Å². The number of aromatic carboxylic acids is 1. The summed E-state index contributed by atoms with van der Waals surface area (Å²) >= 11 is 0. The van der Waals surface area contributed by atoms with Crippen LogP contribution in [0.5, 0.6) is 0 Å². The number of nitro benzene ring substituents is 1. The summed E-state index contributed by atoms with van der Waals surface area (Å²) in [5, 5.41) is 24.5. The van der Waals surface area contributed by atoms with Gasteiger partial charge in [-0.3, -0.25) is 14.9 Å². The van der Waals surface area contributed by atoms with Crippen LogP contribution in [0.4, 0.5) is 11.4 Å². The number of benzene rings is 2. The Morgan fingerprint density at radius 3 is 2.22 bits per heavy atom. The fourth-order valence-corrected chi connectivity index (χ4v) is 2.25. The van der Waals surface area contributed by atoms with Crippen molar-refractivity contribution in [3.05, 3.63) is 68.8 Å². The summed E-state index contributed by atoms with van der Waals surface area (Å²) in [6, 6.07) is 8.60. The molecule has 0 heterocycles. The molecule has 7 heteroatoms. The largest absolute Gasteiger partial charge is 0.545 e. The molecule has 0 saturated carbocycles. The van der Waals surface area contributed by atoms with Gasteiger partial charge >= 0.3 is 0 Å². The van der Waals surface area contributed by atoms with Crippen LogP contribution in [-0.4, -0.2) is 16.8 Å². The molecule has 0 aromatic heterocycles. The van der Waals surface area contributed by atoms with E-state index in [0.717, 1.165) is 0 Å². The van der Waals surface area contributed by atoms with E-state index in [4.69, 9.17) is 0 Å². The van der Waals surface area contributed by atoms with Gasteiger partial charge in [-0.2, -0.15) is 0 Å². The molecule has 2 aromatic carbocycles. The van der Waals surface area contributed by atoms with E-state index >= 15 is 0 Å². The molecule has 0 bridgehead atoms. The van der Waals surface area contributed by atoms with Crippen molar-refractivity contribution < 1.29 is 19.6 Å². The van der Waals surface area contributed by atoms with Crippen molar-refractivity contribution in [3.63, 3.8) is 0 Å². The highest BCUT2D eigenvalue weighted by molar-refractivity contribution is 6.06. The lowest BCUT2D eigenvalue weighted by Gasteiger charge is -2.13. The van der Waals surface area contributed by atoms with Crippen molar-refractivity contribution in [2.45, 2.75) is 13.8 Å². The molecule has 0 saturated heterocycles. The predicted octanol–water partition coefficient (Wildman–Crippen LogP) is 1.83. The molecule has 1 amide bonds. The second-order valence-corrected chi connectivity index (χ2v) is 4.93. The van der Waals surface area contributed by atoms with E-state index in [1.54, 1.807) is 13.0 Å². The lowest BCUT2D eigenvalue weighted by Crippen LogP contribution is -2.24. The summed E-state index contributed by atoms with van der Waals surface area (Å²) in [6.07, 6.45) is 0. The van der Waals surface area contributed by atoms with Crippen LogP contribution >= 0.6 is 0 Å². The minimum atomic E-state index is -1.34. The highest BCUT2D eigenvalue weighted by Gasteiger charge is 2.18. The monoisotopic (exact) mass is 313 g/mol. The van der Waals surface area contributed by atoms with E-state index in [2.05, 4.69) is 5.32 Å². The van der Waals surface area contributed by atoms with Gasteiger partial charge in [0.2, 0.25) is 0 Å². The van der Waals surface area contributed by atoms with E-state index in [1.807, 2.05) is 0 Å². The molecule has 2 aromatic rings. The number of hydrogen-bond acceptors (Lipinski definition) is 5. The molecule has 0 fully saturated rings. The number of rotatable bonds is 4. The Morgan fingerprint density at radius 2 is 1.61 bits per heavy atom. The Kier molecular flexibility index (Phi) is 4.40. The van der Waals surface area contributed by atoms with Crippen LogP contribution in [0.25, 0.3) is 0 Å². The first-order chi connectivity index (χ1) is 10.8. The van der Waals surface area contributed by atoms with Crippen molar-refractivity contribution in [3.8, 4) is 0 Å². The minimum absolute atomic E-state index is 0.0291. The number of nitrogens with zero attached hydrogens (tertiary/aromatic N) is 1. The van der Waals surface area contributed by atoms with Crippen molar-refractivity contribution >= 4 is 23.3 Å². The Hall–Kier alpha value is -3.22. The van der Waals surface area contributed by atoms with E-state index in [0.29, 0.717) is 11.3 Å². The van der Waals surface area contributed by atoms with Gasteiger partial charge in [0.25, 0.3) is 11.6 Å². The van der Waals surface area contributed by atoms with Crippen LogP contribution in [0.2, 0.25) is 0 Å². The molecule has 0 aliphatic rings. The zero-order valence-electron chi connectivity index (χ0n) is 12.5. The number of amides is 1. The molecule has 7 nitrogen and oxygen atoms in total. The number of carbonyl (C=O) groups is 2. The molecule has 0 atom stereocenters. The summed E-state index contributed by atoms with van der Waals surface area (Å²) < 4.78 is 0. The number of carbonyl (C=O) groups excluding carboxylic acids is 2. The van der Waals surface area contributed by atoms with E-state index in [9.17, 15) is 24.8 Å². The summed E-state index contributed by atoms with van der Waals surface area (Å²) in [6.45, 7) is 3.03. The molecular weight excluding hydrogens is 300 g/mol. The van der Waals surface area contributed by atoms with Gasteiger partial charge in [0, 0.05) is 28.4 Å². The first-order valence-electron chi connectivity index (χ1n) is 6.69. The topological polar surface area (TPSA) is 112 Å². The third-order valence-corrected chi connectivity index (χ3v) is 3.55. The van der Waals surface area contributed by atoms with Crippen LogP contribution in [0, 0.1) is 24.0 Å². The Morgan fingerprint density at radius 1 is 1.00 bits per heavy atom. The number of anilines is 1. The smallest absolute Gasteiger partial charge is 0.273 e. The van der Waals surface area contributed by atoms with Gasteiger partial charge in [0.15, 0.2) is 0 Å². The molecule has 23 heavy (non-hydrogen) atoms. The van der Waals surface area contributed by atoms with Crippen LogP contribution in [-0.2, 0) is 0 Å². The third kappa shape index (κ3) is 3.18. The zero-order valence-corrected chi connectivity index (χ0v) is 12.5. The average Bonchev–Trinajstić information content (AvgIpc) is 2.48. The molecule has 118 valence electrons. The maximum atomic E-state index is 12.3. The lowest BCUT2D eigenvalue weighted by atomic mass is 10.0. The van der Waals surface area contributed by atoms with Crippen LogP contribution < -0.4 is 10.4 Å². The molecule has 2 rings (SSSR count). The van der Waals surface area contributed by atoms with Gasteiger partial charge in [0.1, 0.15) is 0 Å². The molecule has 0 radical (unpaired) electrons. The predicted molar refractivity (Wildman–Crippen MR) is 81.3 cm³/mol. The maximum Gasteiger partial charge on any atom is 0.273 e. The van der Waals surface area contributed by atoms with E-state index in [-0.39, 0.29) is 22.4 Å². The third-order valence-electron chi connectivity index (χ3n) is 3.55. The fraction of sp³-hybridized carbons (Fsp3) is 0.125. The normalized spacial score (nSPS) is 10.2. The summed E-state index contributed by atoms with van der Waals surface area (Å²) in [5.74, 6) is -1.89. The quantitative estimate of drug-likeness (QED) is 0.683. The highest BCUT2D eigenvalue weighted by Crippen LogP contribution is 2.24. The fourth-order valence-electron chi connectivity index (χ4n) is 2.25. The van der Waals surface area contributed by atoms with Crippen LogP contribution in [0.15, 0.2) is 36.4 Å². The standard InChI is InChI=1S/C16H14N2O5/c1-9-12(16(20)21)6-3-7-13(9)17-15(19)11-5-4-8-14(10(11)2)18(22)23/h3-8H,1-2H3,(H,17,19)(H,20,21)/p-1. The number of carboxylic acids is 1. The summed E-state index contributed by atoms with van der Waals surface area (Å²) in [5.41, 5.74) is 0.865. The number of hydrogen-bond donors (Lipinski definition) is 1.